The number of ether oxygens (including phenoxy) is 1. The van der Waals surface area contributed by atoms with Gasteiger partial charge in [-0.2, -0.15) is 0 Å². The summed E-state index contributed by atoms with van der Waals surface area (Å²) >= 11 is 5.98. The summed E-state index contributed by atoms with van der Waals surface area (Å²) in [5.74, 6) is 0.771. The van der Waals surface area contributed by atoms with Crippen LogP contribution in [0.2, 0.25) is 0 Å². The fourth-order valence-corrected chi connectivity index (χ4v) is 2.88. The highest BCUT2D eigenvalue weighted by Crippen LogP contribution is 2.32. The molecule has 88 valence electrons. The molecule has 1 N–H and O–H groups in total. The van der Waals surface area contributed by atoms with Crippen molar-refractivity contribution in [3.8, 4) is 0 Å². The second-order valence-corrected chi connectivity index (χ2v) is 5.24. The minimum absolute atomic E-state index is 0.290. The highest BCUT2D eigenvalue weighted by molar-refractivity contribution is 6.18. The Morgan fingerprint density at radius 1 is 1.33 bits per heavy atom. The topological polar surface area (TPSA) is 21.3 Å². The van der Waals surface area contributed by atoms with E-state index in [0.717, 1.165) is 19.0 Å². The van der Waals surface area contributed by atoms with Crippen molar-refractivity contribution in [3.05, 3.63) is 0 Å². The predicted octanol–water partition coefficient (Wildman–Crippen LogP) is 2.70. The van der Waals surface area contributed by atoms with Crippen molar-refractivity contribution < 1.29 is 4.74 Å². The van der Waals surface area contributed by atoms with Crippen LogP contribution in [0.5, 0.6) is 0 Å². The van der Waals surface area contributed by atoms with Crippen LogP contribution in [-0.2, 0) is 4.74 Å². The van der Waals surface area contributed by atoms with Gasteiger partial charge in [-0.25, -0.2) is 0 Å². The molecule has 1 aliphatic heterocycles. The van der Waals surface area contributed by atoms with Gasteiger partial charge >= 0.3 is 0 Å². The van der Waals surface area contributed by atoms with Crippen molar-refractivity contribution in [3.63, 3.8) is 0 Å². The quantitative estimate of drug-likeness (QED) is 0.561. The Kier molecular flexibility index (Phi) is 4.30. The summed E-state index contributed by atoms with van der Waals surface area (Å²) in [6, 6.07) is 0. The second kappa shape index (κ2) is 5.51. The summed E-state index contributed by atoms with van der Waals surface area (Å²) in [4.78, 5) is 0. The first-order valence-corrected chi connectivity index (χ1v) is 6.81. The van der Waals surface area contributed by atoms with Gasteiger partial charge in [0, 0.05) is 18.0 Å². The lowest BCUT2D eigenvalue weighted by Crippen LogP contribution is -2.52. The third kappa shape index (κ3) is 3.08. The predicted molar refractivity (Wildman–Crippen MR) is 63.5 cm³/mol. The van der Waals surface area contributed by atoms with Gasteiger partial charge in [-0.15, -0.1) is 11.6 Å². The van der Waals surface area contributed by atoms with E-state index in [0.29, 0.717) is 6.10 Å². The minimum Gasteiger partial charge on any atom is -0.378 e. The van der Waals surface area contributed by atoms with E-state index < -0.39 is 0 Å². The van der Waals surface area contributed by atoms with Crippen molar-refractivity contribution >= 4 is 11.6 Å². The molecule has 0 aromatic rings. The molecular weight excluding hydrogens is 210 g/mol. The van der Waals surface area contributed by atoms with E-state index in [1.54, 1.807) is 0 Å². The van der Waals surface area contributed by atoms with Crippen LogP contribution in [0.15, 0.2) is 0 Å². The molecule has 0 bridgehead atoms. The molecule has 0 radical (unpaired) electrons. The lowest BCUT2D eigenvalue weighted by molar-refractivity contribution is 0.101. The molecule has 2 aliphatic rings. The summed E-state index contributed by atoms with van der Waals surface area (Å²) in [5, 5.41) is 3.62. The van der Waals surface area contributed by atoms with Crippen molar-refractivity contribution in [2.24, 2.45) is 0 Å². The Balaban J connectivity index is 1.54. The lowest BCUT2D eigenvalue weighted by atomic mass is 9.78. The summed E-state index contributed by atoms with van der Waals surface area (Å²) < 4.78 is 5.60. The molecule has 1 atom stereocenters. The number of hydrogen-bond acceptors (Lipinski definition) is 2. The Morgan fingerprint density at radius 2 is 2.20 bits per heavy atom. The molecule has 2 fully saturated rings. The molecule has 1 saturated heterocycles. The van der Waals surface area contributed by atoms with Gasteiger partial charge in [0.05, 0.1) is 6.10 Å². The Labute approximate surface area is 97.7 Å². The van der Waals surface area contributed by atoms with Gasteiger partial charge in [0.15, 0.2) is 0 Å². The molecule has 0 aromatic carbocycles. The minimum atomic E-state index is 0.290. The maximum Gasteiger partial charge on any atom is 0.0576 e. The smallest absolute Gasteiger partial charge is 0.0576 e. The second-order valence-electron chi connectivity index (χ2n) is 4.97. The number of halogens is 1. The van der Waals surface area contributed by atoms with E-state index in [1.165, 1.54) is 44.9 Å². The zero-order valence-electron chi connectivity index (χ0n) is 9.43. The summed E-state index contributed by atoms with van der Waals surface area (Å²) in [6.45, 7) is 2.08. The molecule has 0 amide bonds. The van der Waals surface area contributed by atoms with Crippen LogP contribution in [0.25, 0.3) is 0 Å². The number of hydrogen-bond donors (Lipinski definition) is 1. The highest BCUT2D eigenvalue weighted by atomic mass is 35.5. The standard InChI is InChI=1S/C12H22ClNO/c13-10-12(6-3-7-12)14-8-1-4-11-5-2-9-15-11/h11,14H,1-10H2. The fourth-order valence-electron chi connectivity index (χ4n) is 2.52. The maximum absolute atomic E-state index is 5.98. The van der Waals surface area contributed by atoms with Gasteiger partial charge in [0.2, 0.25) is 0 Å². The van der Waals surface area contributed by atoms with Crippen molar-refractivity contribution in [2.75, 3.05) is 19.0 Å². The summed E-state index contributed by atoms with van der Waals surface area (Å²) in [7, 11) is 0. The number of alkyl halides is 1. The van der Waals surface area contributed by atoms with E-state index >= 15 is 0 Å². The van der Waals surface area contributed by atoms with Crippen molar-refractivity contribution in [2.45, 2.75) is 56.6 Å². The van der Waals surface area contributed by atoms with E-state index in [4.69, 9.17) is 16.3 Å². The Bertz CT molecular complexity index is 183. The van der Waals surface area contributed by atoms with Gasteiger partial charge in [-0.05, 0) is 51.5 Å². The molecule has 1 aliphatic carbocycles. The monoisotopic (exact) mass is 231 g/mol. The summed E-state index contributed by atoms with van der Waals surface area (Å²) in [5.41, 5.74) is 0.290. The van der Waals surface area contributed by atoms with Gasteiger partial charge in [0.1, 0.15) is 0 Å². The Morgan fingerprint density at radius 3 is 2.73 bits per heavy atom. The first-order valence-electron chi connectivity index (χ1n) is 6.27. The fraction of sp³-hybridized carbons (Fsp3) is 1.00. The third-order valence-corrected chi connectivity index (χ3v) is 4.30. The van der Waals surface area contributed by atoms with Gasteiger partial charge in [-0.3, -0.25) is 0 Å². The molecule has 2 rings (SSSR count). The van der Waals surface area contributed by atoms with Crippen LogP contribution in [0.1, 0.15) is 44.9 Å². The molecule has 1 saturated carbocycles. The number of rotatable bonds is 6. The van der Waals surface area contributed by atoms with Gasteiger partial charge in [-0.1, -0.05) is 0 Å². The SMILES string of the molecule is ClCC1(NCCCC2CCCO2)CCC1. The molecule has 1 unspecified atom stereocenters. The van der Waals surface area contributed by atoms with E-state index in [1.807, 2.05) is 0 Å². The van der Waals surface area contributed by atoms with Crippen LogP contribution in [-0.4, -0.2) is 30.7 Å². The average molecular weight is 232 g/mol. The normalized spacial score (nSPS) is 29.0. The summed E-state index contributed by atoms with van der Waals surface area (Å²) in [6.07, 6.45) is 9.36. The largest absolute Gasteiger partial charge is 0.378 e. The van der Waals surface area contributed by atoms with Crippen molar-refractivity contribution in [1.29, 1.82) is 0 Å². The molecular formula is C12H22ClNO. The maximum atomic E-state index is 5.98. The molecule has 0 spiro atoms. The molecule has 1 heterocycles. The first kappa shape index (κ1) is 11.7. The van der Waals surface area contributed by atoms with Gasteiger partial charge in [0.25, 0.3) is 0 Å². The third-order valence-electron chi connectivity index (χ3n) is 3.79. The lowest BCUT2D eigenvalue weighted by Gasteiger charge is -2.41. The van der Waals surface area contributed by atoms with E-state index in [-0.39, 0.29) is 5.54 Å². The van der Waals surface area contributed by atoms with Gasteiger partial charge < -0.3 is 10.1 Å². The van der Waals surface area contributed by atoms with Crippen LogP contribution in [0, 0.1) is 0 Å². The molecule has 15 heavy (non-hydrogen) atoms. The zero-order chi connectivity index (χ0) is 10.6. The van der Waals surface area contributed by atoms with E-state index in [9.17, 15) is 0 Å². The van der Waals surface area contributed by atoms with Crippen LogP contribution in [0.3, 0.4) is 0 Å². The molecule has 2 nitrogen and oxygen atoms in total. The molecule has 3 heteroatoms. The van der Waals surface area contributed by atoms with Crippen LogP contribution >= 0.6 is 11.6 Å². The number of nitrogens with one attached hydrogen (secondary N) is 1. The average Bonchev–Trinajstić information content (AvgIpc) is 2.68. The van der Waals surface area contributed by atoms with E-state index in [2.05, 4.69) is 5.32 Å². The van der Waals surface area contributed by atoms with Crippen molar-refractivity contribution in [1.82, 2.24) is 5.32 Å². The van der Waals surface area contributed by atoms with Crippen LogP contribution < -0.4 is 5.32 Å². The Hall–Kier alpha value is 0.210. The molecule has 0 aromatic heterocycles. The highest BCUT2D eigenvalue weighted by Gasteiger charge is 2.35. The van der Waals surface area contributed by atoms with Crippen LogP contribution in [0.4, 0.5) is 0 Å². The first-order chi connectivity index (χ1) is 7.35. The zero-order valence-corrected chi connectivity index (χ0v) is 10.2.